The van der Waals surface area contributed by atoms with Gasteiger partial charge in [0.05, 0.1) is 19.8 Å². The van der Waals surface area contributed by atoms with E-state index in [9.17, 15) is 14.3 Å². The lowest BCUT2D eigenvalue weighted by molar-refractivity contribution is -0.154. The highest BCUT2D eigenvalue weighted by atomic mass is 31.2. The molecule has 9 heteroatoms. The van der Waals surface area contributed by atoms with Crippen LogP contribution in [0.15, 0.2) is 36.5 Å². The Labute approximate surface area is 352 Å². The van der Waals surface area contributed by atoms with Crippen molar-refractivity contribution >= 4 is 13.8 Å². The number of nitrogens with two attached hydrogens (primary N) is 1. The molecule has 3 N–H and O–H groups in total. The van der Waals surface area contributed by atoms with Crippen LogP contribution in [-0.4, -0.2) is 49.9 Å². The van der Waals surface area contributed by atoms with E-state index in [1.165, 1.54) is 148 Å². The first-order valence-electron chi connectivity index (χ1n) is 24.0. The molecule has 0 saturated carbocycles. The van der Waals surface area contributed by atoms with Gasteiger partial charge in [0, 0.05) is 19.6 Å². The summed E-state index contributed by atoms with van der Waals surface area (Å²) in [6.45, 7) is 4.89. The van der Waals surface area contributed by atoms with Crippen LogP contribution in [0.1, 0.15) is 226 Å². The van der Waals surface area contributed by atoms with Gasteiger partial charge in [0.2, 0.25) is 0 Å². The van der Waals surface area contributed by atoms with E-state index in [-0.39, 0.29) is 32.3 Å². The number of hydrogen-bond acceptors (Lipinski definition) is 7. The van der Waals surface area contributed by atoms with Gasteiger partial charge in [-0.3, -0.25) is 13.8 Å². The van der Waals surface area contributed by atoms with Gasteiger partial charge in [-0.2, -0.15) is 0 Å². The standard InChI is InChI=1S/C48H92NO7P/c1-3-5-7-9-11-13-15-17-19-20-21-22-23-24-25-26-27-28-30-32-34-36-38-40-43-53-45-47(46-55-57(51,52)54-44-42-49)56-48(50)41-39-37-35-33-31-29-18-16-14-12-10-8-6-4-2/h10,12,16,18,20-21,47H,3-9,11,13-15,17,19,22-46,49H2,1-2H3,(H,51,52)/b12-10-,18-16-,21-20-. The largest absolute Gasteiger partial charge is 0.472 e. The summed E-state index contributed by atoms with van der Waals surface area (Å²) < 4.78 is 33.5. The van der Waals surface area contributed by atoms with Gasteiger partial charge in [-0.1, -0.05) is 192 Å². The fraction of sp³-hybridized carbons (Fsp3) is 0.854. The molecule has 57 heavy (non-hydrogen) atoms. The number of carbonyl (C=O) groups is 1. The zero-order valence-corrected chi connectivity index (χ0v) is 38.2. The van der Waals surface area contributed by atoms with Gasteiger partial charge in [-0.15, -0.1) is 0 Å². The summed E-state index contributed by atoms with van der Waals surface area (Å²) in [5, 5.41) is 0. The summed E-state index contributed by atoms with van der Waals surface area (Å²) in [4.78, 5) is 22.5. The lowest BCUT2D eigenvalue weighted by Crippen LogP contribution is -2.28. The highest BCUT2D eigenvalue weighted by Gasteiger charge is 2.25. The zero-order valence-electron chi connectivity index (χ0n) is 37.3. The highest BCUT2D eigenvalue weighted by molar-refractivity contribution is 7.47. The molecular formula is C48H92NO7P. The molecule has 0 spiro atoms. The van der Waals surface area contributed by atoms with Gasteiger partial charge in [0.15, 0.2) is 0 Å². The van der Waals surface area contributed by atoms with E-state index < -0.39 is 13.9 Å². The minimum absolute atomic E-state index is 0.0980. The smallest absolute Gasteiger partial charge is 0.457 e. The Kier molecular flexibility index (Phi) is 44.8. The van der Waals surface area contributed by atoms with Crippen LogP contribution in [0.2, 0.25) is 0 Å². The van der Waals surface area contributed by atoms with E-state index >= 15 is 0 Å². The molecule has 0 saturated heterocycles. The molecule has 0 aromatic rings. The van der Waals surface area contributed by atoms with Crippen molar-refractivity contribution in [2.24, 2.45) is 5.73 Å². The number of carbonyl (C=O) groups excluding carboxylic acids is 1. The number of phosphoric acid groups is 1. The summed E-state index contributed by atoms with van der Waals surface area (Å²) in [6.07, 6.45) is 53.2. The third kappa shape index (κ3) is 45.7. The quantitative estimate of drug-likeness (QED) is 0.0270. The molecule has 0 aliphatic rings. The van der Waals surface area contributed by atoms with Gasteiger partial charge < -0.3 is 20.1 Å². The number of phosphoric ester groups is 1. The van der Waals surface area contributed by atoms with E-state index in [0.29, 0.717) is 13.0 Å². The minimum atomic E-state index is -4.28. The zero-order chi connectivity index (χ0) is 41.6. The molecule has 0 fully saturated rings. The fourth-order valence-corrected chi connectivity index (χ4v) is 7.48. The molecule has 0 aromatic heterocycles. The van der Waals surface area contributed by atoms with Gasteiger partial charge in [-0.25, -0.2) is 4.57 Å². The molecule has 0 heterocycles. The summed E-state index contributed by atoms with van der Waals surface area (Å²) in [5.41, 5.74) is 5.38. The van der Waals surface area contributed by atoms with E-state index in [1.54, 1.807) is 0 Å². The predicted molar refractivity (Wildman–Crippen MR) is 243 cm³/mol. The first kappa shape index (κ1) is 55.7. The molecular weight excluding hydrogens is 734 g/mol. The van der Waals surface area contributed by atoms with E-state index in [1.807, 2.05) is 0 Å². The van der Waals surface area contributed by atoms with Crippen LogP contribution < -0.4 is 5.73 Å². The molecule has 2 unspecified atom stereocenters. The lowest BCUT2D eigenvalue weighted by atomic mass is 10.0. The Morgan fingerprint density at radius 3 is 1.44 bits per heavy atom. The molecule has 0 rings (SSSR count). The molecule has 0 aliphatic heterocycles. The summed E-state index contributed by atoms with van der Waals surface area (Å²) in [5.74, 6) is -0.343. The Bertz CT molecular complexity index is 972. The summed E-state index contributed by atoms with van der Waals surface area (Å²) in [6, 6.07) is 0. The molecule has 0 amide bonds. The maximum Gasteiger partial charge on any atom is 0.472 e. The molecule has 2 atom stereocenters. The number of hydrogen-bond donors (Lipinski definition) is 2. The van der Waals surface area contributed by atoms with E-state index in [2.05, 4.69) is 50.3 Å². The minimum Gasteiger partial charge on any atom is -0.457 e. The second kappa shape index (κ2) is 45.8. The van der Waals surface area contributed by atoms with Gasteiger partial charge in [0.1, 0.15) is 6.10 Å². The van der Waals surface area contributed by atoms with Crippen LogP contribution in [-0.2, 0) is 27.9 Å². The number of allylic oxidation sites excluding steroid dienone is 6. The number of esters is 1. The predicted octanol–water partition coefficient (Wildman–Crippen LogP) is 14.6. The van der Waals surface area contributed by atoms with Gasteiger partial charge in [-0.05, 0) is 64.2 Å². The maximum atomic E-state index is 12.6. The average Bonchev–Trinajstić information content (AvgIpc) is 3.20. The Hall–Kier alpha value is -1.28. The molecule has 8 nitrogen and oxygen atoms in total. The molecule has 0 aliphatic carbocycles. The van der Waals surface area contributed by atoms with Gasteiger partial charge in [0.25, 0.3) is 0 Å². The first-order valence-corrected chi connectivity index (χ1v) is 25.5. The summed E-state index contributed by atoms with van der Waals surface area (Å²) in [7, 11) is -4.28. The van der Waals surface area contributed by atoms with Crippen molar-refractivity contribution in [3.63, 3.8) is 0 Å². The third-order valence-corrected chi connectivity index (χ3v) is 11.3. The molecule has 0 radical (unpaired) electrons. The van der Waals surface area contributed by atoms with Crippen molar-refractivity contribution in [2.75, 3.05) is 33.0 Å². The Morgan fingerprint density at radius 2 is 0.947 bits per heavy atom. The first-order chi connectivity index (χ1) is 27.9. The van der Waals surface area contributed by atoms with Crippen molar-refractivity contribution in [3.8, 4) is 0 Å². The van der Waals surface area contributed by atoms with E-state index in [4.69, 9.17) is 24.3 Å². The molecule has 0 bridgehead atoms. The normalized spacial score (nSPS) is 13.7. The second-order valence-corrected chi connectivity index (χ2v) is 17.4. The van der Waals surface area contributed by atoms with E-state index in [0.717, 1.165) is 57.8 Å². The number of unbranched alkanes of at least 4 members (excludes halogenated alkanes) is 27. The number of rotatable bonds is 46. The lowest BCUT2D eigenvalue weighted by Gasteiger charge is -2.20. The fourth-order valence-electron chi connectivity index (χ4n) is 6.71. The SMILES string of the molecule is CCCC/C=C\C/C=C\CCCCCCCC(=O)OC(COCCCCCCCCCCCCCC/C=C\CCCCCCCCCC)COP(=O)(O)OCCN. The van der Waals surface area contributed by atoms with Crippen molar-refractivity contribution in [3.05, 3.63) is 36.5 Å². The van der Waals surface area contributed by atoms with Gasteiger partial charge >= 0.3 is 13.8 Å². The van der Waals surface area contributed by atoms with Crippen molar-refractivity contribution < 1.29 is 32.8 Å². The number of ether oxygens (including phenoxy) is 2. The van der Waals surface area contributed by atoms with Crippen LogP contribution in [0, 0.1) is 0 Å². The van der Waals surface area contributed by atoms with Crippen molar-refractivity contribution in [2.45, 2.75) is 232 Å². The monoisotopic (exact) mass is 826 g/mol. The van der Waals surface area contributed by atoms with Crippen LogP contribution in [0.3, 0.4) is 0 Å². The Balaban J connectivity index is 3.92. The van der Waals surface area contributed by atoms with Crippen molar-refractivity contribution in [1.29, 1.82) is 0 Å². The average molecular weight is 826 g/mol. The van der Waals surface area contributed by atoms with Crippen LogP contribution >= 0.6 is 7.82 Å². The van der Waals surface area contributed by atoms with Crippen molar-refractivity contribution in [1.82, 2.24) is 0 Å². The van der Waals surface area contributed by atoms with Crippen LogP contribution in [0.4, 0.5) is 0 Å². The van der Waals surface area contributed by atoms with Crippen LogP contribution in [0.25, 0.3) is 0 Å². The topological polar surface area (TPSA) is 117 Å². The Morgan fingerprint density at radius 1 is 0.526 bits per heavy atom. The molecule has 336 valence electrons. The maximum absolute atomic E-state index is 12.6. The second-order valence-electron chi connectivity index (χ2n) is 16.0. The highest BCUT2D eigenvalue weighted by Crippen LogP contribution is 2.43. The third-order valence-electron chi connectivity index (χ3n) is 10.3. The summed E-state index contributed by atoms with van der Waals surface area (Å²) >= 11 is 0. The molecule has 0 aromatic carbocycles. The van der Waals surface area contributed by atoms with Crippen LogP contribution in [0.5, 0.6) is 0 Å².